The maximum Gasteiger partial charge on any atom is 0.191 e. The van der Waals surface area contributed by atoms with Gasteiger partial charge in [0.2, 0.25) is 0 Å². The minimum absolute atomic E-state index is 0. The van der Waals surface area contributed by atoms with E-state index in [1.807, 2.05) is 20.2 Å². The van der Waals surface area contributed by atoms with E-state index in [0.29, 0.717) is 31.4 Å². The Kier molecular flexibility index (Phi) is 11.6. The Morgan fingerprint density at radius 1 is 1.37 bits per heavy atom. The van der Waals surface area contributed by atoms with Crippen LogP contribution < -0.4 is 15.5 Å². The van der Waals surface area contributed by atoms with Crippen LogP contribution in [0.3, 0.4) is 0 Å². The number of nitrogens with one attached hydrogen (secondary N) is 2. The number of nitrogens with zero attached hydrogens (tertiary/aromatic N) is 2. The number of aliphatic imine (C=N–C) groups is 1. The summed E-state index contributed by atoms with van der Waals surface area (Å²) in [6, 6.07) is 5.25. The zero-order valence-electron chi connectivity index (χ0n) is 16.5. The van der Waals surface area contributed by atoms with Crippen LogP contribution in [0.15, 0.2) is 23.2 Å². The lowest BCUT2D eigenvalue weighted by Crippen LogP contribution is -2.37. The van der Waals surface area contributed by atoms with E-state index in [-0.39, 0.29) is 35.9 Å². The lowest BCUT2D eigenvalue weighted by molar-refractivity contribution is 0.0168. The number of guanidine groups is 1. The molecule has 0 aliphatic carbocycles. The van der Waals surface area contributed by atoms with Crippen molar-refractivity contribution in [3.05, 3.63) is 29.6 Å². The van der Waals surface area contributed by atoms with Crippen LogP contribution in [0.5, 0.6) is 0 Å². The van der Waals surface area contributed by atoms with E-state index in [1.54, 1.807) is 24.1 Å². The van der Waals surface area contributed by atoms with Gasteiger partial charge in [-0.05, 0) is 37.0 Å². The van der Waals surface area contributed by atoms with Gasteiger partial charge in [-0.15, -0.1) is 24.0 Å². The van der Waals surface area contributed by atoms with Gasteiger partial charge in [-0.3, -0.25) is 4.99 Å². The second-order valence-electron chi connectivity index (χ2n) is 6.60. The van der Waals surface area contributed by atoms with Crippen molar-refractivity contribution in [3.63, 3.8) is 0 Å². The molecule has 8 heteroatoms. The molecular weight excluding hydrogens is 462 g/mol. The molecule has 2 N–H and O–H groups in total. The van der Waals surface area contributed by atoms with E-state index in [2.05, 4.69) is 15.6 Å². The number of rotatable bonds is 9. The Labute approximate surface area is 178 Å². The third-order valence-electron chi connectivity index (χ3n) is 4.26. The van der Waals surface area contributed by atoms with Crippen LogP contribution in [0.25, 0.3) is 0 Å². The first-order chi connectivity index (χ1) is 12.6. The number of anilines is 1. The van der Waals surface area contributed by atoms with Gasteiger partial charge in [0, 0.05) is 47.4 Å². The molecule has 1 aromatic carbocycles. The summed E-state index contributed by atoms with van der Waals surface area (Å²) in [6.07, 6.45) is 3.40. The molecule has 1 aromatic rings. The molecule has 6 nitrogen and oxygen atoms in total. The number of hydrogen-bond donors (Lipinski definition) is 2. The van der Waals surface area contributed by atoms with Crippen LogP contribution in [-0.2, 0) is 16.0 Å². The number of benzene rings is 1. The normalized spacial score (nSPS) is 16.7. The molecule has 1 saturated heterocycles. The van der Waals surface area contributed by atoms with E-state index in [4.69, 9.17) is 9.47 Å². The largest absolute Gasteiger partial charge is 0.379 e. The monoisotopic (exact) mass is 494 g/mol. The molecule has 2 rings (SSSR count). The Morgan fingerprint density at radius 2 is 2.19 bits per heavy atom. The average molecular weight is 494 g/mol. The molecule has 1 fully saturated rings. The minimum atomic E-state index is -0.222. The first kappa shape index (κ1) is 23.9. The zero-order chi connectivity index (χ0) is 18.8. The highest BCUT2D eigenvalue weighted by Gasteiger charge is 2.14. The van der Waals surface area contributed by atoms with Gasteiger partial charge in [0.05, 0.1) is 18.4 Å². The molecule has 1 atom stereocenters. The van der Waals surface area contributed by atoms with Crippen molar-refractivity contribution < 1.29 is 13.9 Å². The van der Waals surface area contributed by atoms with E-state index in [9.17, 15) is 4.39 Å². The van der Waals surface area contributed by atoms with Crippen molar-refractivity contribution in [1.82, 2.24) is 10.6 Å². The summed E-state index contributed by atoms with van der Waals surface area (Å²) in [5.41, 5.74) is 1.45. The van der Waals surface area contributed by atoms with Gasteiger partial charge in [-0.1, -0.05) is 6.07 Å². The minimum Gasteiger partial charge on any atom is -0.379 e. The zero-order valence-corrected chi connectivity index (χ0v) is 18.8. The lowest BCUT2D eigenvalue weighted by atomic mass is 10.2. The van der Waals surface area contributed by atoms with Gasteiger partial charge < -0.3 is 25.0 Å². The Balaban J connectivity index is 0.00000364. The van der Waals surface area contributed by atoms with E-state index in [1.165, 1.54) is 0 Å². The second kappa shape index (κ2) is 13.1. The summed E-state index contributed by atoms with van der Waals surface area (Å²) < 4.78 is 25.2. The van der Waals surface area contributed by atoms with Crippen LogP contribution in [0.2, 0.25) is 0 Å². The van der Waals surface area contributed by atoms with Crippen LogP contribution in [0.4, 0.5) is 10.1 Å². The van der Waals surface area contributed by atoms with Crippen molar-refractivity contribution in [3.8, 4) is 0 Å². The predicted molar refractivity (Wildman–Crippen MR) is 119 cm³/mol. The molecular formula is C19H32FIN4O2. The smallest absolute Gasteiger partial charge is 0.191 e. The van der Waals surface area contributed by atoms with Gasteiger partial charge >= 0.3 is 0 Å². The Bertz CT molecular complexity index is 581. The Morgan fingerprint density at radius 3 is 2.81 bits per heavy atom. The van der Waals surface area contributed by atoms with Crippen LogP contribution in [0.1, 0.15) is 24.8 Å². The van der Waals surface area contributed by atoms with E-state index in [0.717, 1.165) is 38.0 Å². The summed E-state index contributed by atoms with van der Waals surface area (Å²) in [7, 11) is 5.37. The van der Waals surface area contributed by atoms with E-state index >= 15 is 0 Å². The molecule has 0 aromatic heterocycles. The number of ether oxygens (including phenoxy) is 2. The van der Waals surface area contributed by atoms with Crippen molar-refractivity contribution in [2.45, 2.75) is 31.9 Å². The summed E-state index contributed by atoms with van der Waals surface area (Å²) in [4.78, 5) is 5.94. The van der Waals surface area contributed by atoms with Gasteiger partial charge in [0.25, 0.3) is 0 Å². The molecule has 1 aliphatic rings. The summed E-state index contributed by atoms with van der Waals surface area (Å²) in [6.45, 7) is 3.51. The summed E-state index contributed by atoms with van der Waals surface area (Å²) in [5.74, 6) is 0.474. The Hall–Kier alpha value is -1.13. The molecule has 0 saturated carbocycles. The molecule has 1 aliphatic heterocycles. The van der Waals surface area contributed by atoms with Crippen LogP contribution in [-0.4, -0.2) is 59.6 Å². The molecule has 0 radical (unpaired) electrons. The van der Waals surface area contributed by atoms with Gasteiger partial charge in [0.15, 0.2) is 5.96 Å². The predicted octanol–water partition coefficient (Wildman–Crippen LogP) is 2.76. The topological polar surface area (TPSA) is 58.1 Å². The average Bonchev–Trinajstić information content (AvgIpc) is 3.13. The van der Waals surface area contributed by atoms with Gasteiger partial charge in [-0.25, -0.2) is 4.39 Å². The van der Waals surface area contributed by atoms with Crippen LogP contribution in [0, 0.1) is 5.82 Å². The molecule has 154 valence electrons. The first-order valence-corrected chi connectivity index (χ1v) is 9.19. The maximum atomic E-state index is 14.0. The van der Waals surface area contributed by atoms with Gasteiger partial charge in [0.1, 0.15) is 5.82 Å². The van der Waals surface area contributed by atoms with Crippen molar-refractivity contribution in [2.24, 2.45) is 4.99 Å². The quantitative estimate of drug-likeness (QED) is 0.239. The van der Waals surface area contributed by atoms with Crippen molar-refractivity contribution in [2.75, 3.05) is 52.4 Å². The molecule has 27 heavy (non-hydrogen) atoms. The van der Waals surface area contributed by atoms with Crippen LogP contribution >= 0.6 is 24.0 Å². The standard InChI is InChI=1S/C19H31FN4O2.HI/c1-21-19(22-9-5-10-25-14-16-6-4-11-26-16)23-13-15-7-8-18(24(2)3)17(20)12-15;/h7-8,12,16H,4-6,9-11,13-14H2,1-3H3,(H2,21,22,23);1H. The molecule has 0 amide bonds. The highest BCUT2D eigenvalue weighted by Crippen LogP contribution is 2.18. The number of hydrogen-bond acceptors (Lipinski definition) is 4. The molecule has 1 heterocycles. The molecule has 0 spiro atoms. The third-order valence-corrected chi connectivity index (χ3v) is 4.26. The molecule has 1 unspecified atom stereocenters. The fraction of sp³-hybridized carbons (Fsp3) is 0.632. The SMILES string of the molecule is CN=C(NCCCOCC1CCCO1)NCc1ccc(N(C)C)c(F)c1.I. The highest BCUT2D eigenvalue weighted by molar-refractivity contribution is 14.0. The van der Waals surface area contributed by atoms with Crippen molar-refractivity contribution >= 4 is 35.6 Å². The first-order valence-electron chi connectivity index (χ1n) is 9.19. The lowest BCUT2D eigenvalue weighted by Gasteiger charge is -2.15. The van der Waals surface area contributed by atoms with Crippen molar-refractivity contribution in [1.29, 1.82) is 0 Å². The summed E-state index contributed by atoms with van der Waals surface area (Å²) >= 11 is 0. The highest BCUT2D eigenvalue weighted by atomic mass is 127. The summed E-state index contributed by atoms with van der Waals surface area (Å²) in [5, 5.41) is 6.43. The molecule has 0 bridgehead atoms. The van der Waals surface area contributed by atoms with E-state index < -0.39 is 0 Å². The number of halogens is 2. The fourth-order valence-electron chi connectivity index (χ4n) is 2.80. The maximum absolute atomic E-state index is 14.0. The fourth-order valence-corrected chi connectivity index (χ4v) is 2.80. The van der Waals surface area contributed by atoms with Gasteiger partial charge in [-0.2, -0.15) is 0 Å². The third kappa shape index (κ3) is 8.61. The second-order valence-corrected chi connectivity index (χ2v) is 6.60.